The van der Waals surface area contributed by atoms with Gasteiger partial charge >= 0.3 is 107 Å². The molecule has 0 aromatic heterocycles. The maximum absolute atomic E-state index is 10.3. The van der Waals surface area contributed by atoms with Gasteiger partial charge in [-0.05, 0) is 0 Å². The van der Waals surface area contributed by atoms with Crippen LogP contribution in [0.4, 0.5) is 0 Å². The summed E-state index contributed by atoms with van der Waals surface area (Å²) in [4.78, 5) is 79.4. The zero-order valence-electron chi connectivity index (χ0n) is 22.8. The zero-order chi connectivity index (χ0) is 29.3. The van der Waals surface area contributed by atoms with Crippen molar-refractivity contribution >= 4 is 61.9 Å². The summed E-state index contributed by atoms with van der Waals surface area (Å²) in [5, 5.41) is 25.3. The molecule has 41 heavy (non-hydrogen) atoms. The number of nitrogens with two attached hydrogens (primary N) is 3. The first kappa shape index (κ1) is 47.4. The SMILES string of the molecule is N[C@@H](CC1=NC=NC1)C(=O)O.N[C@@H](CC1=NC=NC1)C(=O)O.N[C@@H](CC1=NC=NC1)C(=O)O.O=P([O-])([O-])[O-].[Na+].[Na+].[Na+]. The standard InChI is InChI=1S/3C6H9N3O2.3Na.H3O4P/c3*7-5(6(10)11)1-4-2-8-3-9-4;;;;1-5(2,3)4/h3*3,5H,1-2,7H2,(H,10,11);;;;(H3,1,2,3,4)/q;;;3*+1;/p-3/t3*5-;;;;/m000..../s1. The largest absolute Gasteiger partial charge is 1.00 e. The van der Waals surface area contributed by atoms with Gasteiger partial charge in [-0.25, -0.2) is 15.0 Å². The molecule has 0 amide bonds. The van der Waals surface area contributed by atoms with E-state index in [1.165, 1.54) is 19.0 Å². The van der Waals surface area contributed by atoms with Gasteiger partial charge in [-0.2, -0.15) is 7.82 Å². The summed E-state index contributed by atoms with van der Waals surface area (Å²) in [6, 6.07) is -2.55. The third-order valence-corrected chi connectivity index (χ3v) is 4.11. The van der Waals surface area contributed by atoms with Gasteiger partial charge in [0.2, 0.25) is 0 Å². The fourth-order valence-electron chi connectivity index (χ4n) is 2.30. The molecule has 0 aromatic carbocycles. The summed E-state index contributed by atoms with van der Waals surface area (Å²) in [6.45, 7) is 1.46. The summed E-state index contributed by atoms with van der Waals surface area (Å²) in [7, 11) is -5.39. The number of phosphoric acid groups is 1. The number of carbonyl (C=O) groups is 3. The Morgan fingerprint density at radius 3 is 0.976 bits per heavy atom. The molecule has 0 spiro atoms. The number of hydrogen-bond donors (Lipinski definition) is 6. The number of aliphatic carboxylic acids is 3. The van der Waals surface area contributed by atoms with Gasteiger partial charge in [0.1, 0.15) is 37.1 Å². The van der Waals surface area contributed by atoms with Crippen LogP contribution in [0.25, 0.3) is 0 Å². The van der Waals surface area contributed by atoms with Crippen LogP contribution in [0.15, 0.2) is 30.0 Å². The van der Waals surface area contributed by atoms with Crippen molar-refractivity contribution in [1.82, 2.24) is 0 Å². The van der Waals surface area contributed by atoms with Crippen molar-refractivity contribution in [3.8, 4) is 0 Å². The molecule has 0 bridgehead atoms. The Labute approximate surface area is 300 Å². The zero-order valence-corrected chi connectivity index (χ0v) is 29.7. The van der Waals surface area contributed by atoms with Gasteiger partial charge in [0.25, 0.3) is 0 Å². The van der Waals surface area contributed by atoms with Crippen LogP contribution >= 0.6 is 7.82 Å². The van der Waals surface area contributed by atoms with Gasteiger partial charge in [0.15, 0.2) is 0 Å². The van der Waals surface area contributed by atoms with Crippen LogP contribution in [0.1, 0.15) is 19.3 Å². The molecule has 0 aromatic rings. The third-order valence-electron chi connectivity index (χ3n) is 4.11. The normalized spacial score (nSPS) is 16.0. The summed E-state index contributed by atoms with van der Waals surface area (Å²) in [6.07, 6.45) is 5.12. The Balaban J connectivity index is -0.000000224. The Morgan fingerprint density at radius 2 is 0.854 bits per heavy atom. The van der Waals surface area contributed by atoms with E-state index in [1.807, 2.05) is 0 Å². The summed E-state index contributed by atoms with van der Waals surface area (Å²) in [5.74, 6) is -3.00. The van der Waals surface area contributed by atoms with Gasteiger partial charge in [-0.15, -0.1) is 0 Å². The van der Waals surface area contributed by atoms with E-state index >= 15 is 0 Å². The fourth-order valence-corrected chi connectivity index (χ4v) is 2.30. The predicted octanol–water partition coefficient (Wildman–Crippen LogP) is -14.0. The summed E-state index contributed by atoms with van der Waals surface area (Å²) < 4.78 is 8.55. The first-order valence-corrected chi connectivity index (χ1v) is 11.9. The maximum atomic E-state index is 10.3. The molecule has 19 nitrogen and oxygen atoms in total. The third kappa shape index (κ3) is 28.0. The molecule has 9 N–H and O–H groups in total. The molecule has 0 saturated carbocycles. The molecule has 3 atom stereocenters. The van der Waals surface area contributed by atoms with E-state index in [2.05, 4.69) is 30.0 Å². The number of carboxylic acid groups (broad SMARTS) is 3. The minimum Gasteiger partial charge on any atom is -0.822 e. The van der Waals surface area contributed by atoms with Crippen molar-refractivity contribution < 1.29 is 138 Å². The van der Waals surface area contributed by atoms with Crippen LogP contribution in [-0.4, -0.2) is 107 Å². The minimum atomic E-state index is -5.39. The first-order valence-electron chi connectivity index (χ1n) is 10.4. The molecule has 3 aliphatic heterocycles. The van der Waals surface area contributed by atoms with E-state index in [1.54, 1.807) is 0 Å². The quantitative estimate of drug-likeness (QED) is 0.102. The molecule has 3 heterocycles. The monoisotopic (exact) mass is 629 g/mol. The second-order valence-corrected chi connectivity index (χ2v) is 8.24. The van der Waals surface area contributed by atoms with E-state index in [0.717, 1.165) is 17.1 Å². The molecule has 23 heteroatoms. The molecule has 0 saturated heterocycles. The number of hydrogen-bond acceptors (Lipinski definition) is 16. The van der Waals surface area contributed by atoms with Crippen molar-refractivity contribution in [3.05, 3.63) is 0 Å². The van der Waals surface area contributed by atoms with Crippen LogP contribution < -0.4 is 121 Å². The van der Waals surface area contributed by atoms with E-state index < -0.39 is 43.9 Å². The molecular weight excluding hydrogens is 602 g/mol. The molecule has 212 valence electrons. The Hall–Kier alpha value is -0.580. The van der Waals surface area contributed by atoms with E-state index in [0.29, 0.717) is 19.6 Å². The molecule has 3 aliphatic rings. The van der Waals surface area contributed by atoms with E-state index in [4.69, 9.17) is 51.8 Å². The minimum absolute atomic E-state index is 0. The molecule has 0 unspecified atom stereocenters. The van der Waals surface area contributed by atoms with Crippen LogP contribution in [0.3, 0.4) is 0 Å². The van der Waals surface area contributed by atoms with Crippen LogP contribution in [0.2, 0.25) is 0 Å². The van der Waals surface area contributed by atoms with E-state index in [9.17, 15) is 14.4 Å². The second kappa shape index (κ2) is 25.9. The van der Waals surface area contributed by atoms with E-state index in [-0.39, 0.29) is 108 Å². The van der Waals surface area contributed by atoms with Crippen molar-refractivity contribution in [2.45, 2.75) is 37.4 Å². The Bertz CT molecular complexity index is 944. The number of carboxylic acids is 3. The summed E-state index contributed by atoms with van der Waals surface area (Å²) in [5.41, 5.74) is 18.0. The molecule has 0 radical (unpaired) electrons. The average molecular weight is 629 g/mol. The van der Waals surface area contributed by atoms with Crippen molar-refractivity contribution in [1.29, 1.82) is 0 Å². The molecule has 0 aliphatic carbocycles. The summed E-state index contributed by atoms with van der Waals surface area (Å²) >= 11 is 0. The maximum Gasteiger partial charge on any atom is 1.00 e. The Kier molecular flexibility index (Phi) is 29.9. The number of aliphatic imine (C=N–C) groups is 6. The topological polar surface area (TPSA) is 350 Å². The molecular formula is C18H27N9Na3O10P. The fraction of sp³-hybridized carbons (Fsp3) is 0.500. The molecule has 3 rings (SSSR count). The molecule has 0 fully saturated rings. The van der Waals surface area contributed by atoms with Gasteiger partial charge in [-0.3, -0.25) is 29.4 Å². The predicted molar refractivity (Wildman–Crippen MR) is 131 cm³/mol. The van der Waals surface area contributed by atoms with Gasteiger partial charge in [0.05, 0.1) is 19.6 Å². The Morgan fingerprint density at radius 1 is 0.659 bits per heavy atom. The number of nitrogens with zero attached hydrogens (tertiary/aromatic N) is 6. The van der Waals surface area contributed by atoms with Crippen LogP contribution in [-0.2, 0) is 18.9 Å². The van der Waals surface area contributed by atoms with Crippen LogP contribution in [0, 0.1) is 0 Å². The van der Waals surface area contributed by atoms with Crippen molar-refractivity contribution in [2.24, 2.45) is 47.2 Å². The number of rotatable bonds is 9. The van der Waals surface area contributed by atoms with Crippen molar-refractivity contribution in [3.63, 3.8) is 0 Å². The van der Waals surface area contributed by atoms with Gasteiger partial charge in [0, 0.05) is 36.4 Å². The van der Waals surface area contributed by atoms with Gasteiger partial charge < -0.3 is 51.8 Å². The van der Waals surface area contributed by atoms with Gasteiger partial charge in [-0.1, -0.05) is 0 Å². The first-order chi connectivity index (χ1) is 17.6. The second-order valence-electron chi connectivity index (χ2n) is 7.35. The smallest absolute Gasteiger partial charge is 0.822 e. The van der Waals surface area contributed by atoms with Crippen molar-refractivity contribution in [2.75, 3.05) is 19.6 Å². The van der Waals surface area contributed by atoms with Crippen LogP contribution in [0.5, 0.6) is 0 Å². The average Bonchev–Trinajstić information content (AvgIpc) is 3.57.